The summed E-state index contributed by atoms with van der Waals surface area (Å²) in [6, 6.07) is -1.22. The fraction of sp³-hybridized carbons (Fsp3) is 0.846. The Hall–Kier alpha value is -1.26. The van der Waals surface area contributed by atoms with Crippen molar-refractivity contribution in [1.82, 2.24) is 10.6 Å². The van der Waals surface area contributed by atoms with Crippen LogP contribution in [0.3, 0.4) is 0 Å². The predicted octanol–water partition coefficient (Wildman–Crippen LogP) is 2.22. The van der Waals surface area contributed by atoms with Crippen molar-refractivity contribution in [2.24, 2.45) is 11.3 Å². The van der Waals surface area contributed by atoms with Gasteiger partial charge in [0.25, 0.3) is 0 Å². The van der Waals surface area contributed by atoms with Gasteiger partial charge >= 0.3 is 12.0 Å². The first-order chi connectivity index (χ1) is 8.20. The molecule has 0 unspecified atom stereocenters. The van der Waals surface area contributed by atoms with Gasteiger partial charge in [0.1, 0.15) is 6.04 Å². The summed E-state index contributed by atoms with van der Waals surface area (Å²) in [4.78, 5) is 22.5. The largest absolute Gasteiger partial charge is 0.480 e. The van der Waals surface area contributed by atoms with Crippen LogP contribution in [0.15, 0.2) is 0 Å². The van der Waals surface area contributed by atoms with Gasteiger partial charge in [-0.3, -0.25) is 0 Å². The van der Waals surface area contributed by atoms with Crippen LogP contribution >= 0.6 is 0 Å². The third-order valence-electron chi connectivity index (χ3n) is 3.45. The lowest BCUT2D eigenvalue weighted by molar-refractivity contribution is -0.139. The first-order valence-corrected chi connectivity index (χ1v) is 6.48. The standard InChI is InChI=1S/C13H26N2O3/c1-6-7-10(11(16)17)15-12(18)14-8-13(4,5)9(2)3/h9-10H,6-8H2,1-5H3,(H,16,17)(H2,14,15,18)/t10-/m0/s1. The lowest BCUT2D eigenvalue weighted by atomic mass is 9.81. The maximum absolute atomic E-state index is 11.6. The van der Waals surface area contributed by atoms with Gasteiger partial charge in [-0.1, -0.05) is 41.0 Å². The van der Waals surface area contributed by atoms with Gasteiger partial charge in [-0.2, -0.15) is 0 Å². The number of amides is 2. The van der Waals surface area contributed by atoms with E-state index in [-0.39, 0.29) is 5.41 Å². The number of rotatable bonds is 7. The van der Waals surface area contributed by atoms with Crippen LogP contribution in [-0.4, -0.2) is 29.7 Å². The second kappa shape index (κ2) is 7.24. The van der Waals surface area contributed by atoms with E-state index in [2.05, 4.69) is 38.3 Å². The van der Waals surface area contributed by atoms with Crippen molar-refractivity contribution >= 4 is 12.0 Å². The molecule has 0 aliphatic rings. The van der Waals surface area contributed by atoms with Crippen LogP contribution in [0.4, 0.5) is 4.79 Å². The molecule has 0 bridgehead atoms. The molecule has 5 heteroatoms. The van der Waals surface area contributed by atoms with E-state index in [1.165, 1.54) is 0 Å². The fourth-order valence-corrected chi connectivity index (χ4v) is 1.27. The van der Waals surface area contributed by atoms with E-state index in [0.717, 1.165) is 0 Å². The van der Waals surface area contributed by atoms with Crippen LogP contribution in [0.2, 0.25) is 0 Å². The third kappa shape index (κ3) is 5.89. The molecule has 0 saturated carbocycles. The SMILES string of the molecule is CCC[C@H](NC(=O)NCC(C)(C)C(C)C)C(=O)O. The molecule has 0 fully saturated rings. The summed E-state index contributed by atoms with van der Waals surface area (Å²) in [6.45, 7) is 10.7. The second-order valence-electron chi connectivity index (χ2n) is 5.65. The minimum Gasteiger partial charge on any atom is -0.480 e. The minimum atomic E-state index is -0.991. The van der Waals surface area contributed by atoms with E-state index in [1.807, 2.05) is 6.92 Å². The van der Waals surface area contributed by atoms with Crippen molar-refractivity contribution in [3.63, 3.8) is 0 Å². The highest BCUT2D eigenvalue weighted by molar-refractivity contribution is 5.82. The molecule has 3 N–H and O–H groups in total. The normalized spacial score (nSPS) is 13.2. The first-order valence-electron chi connectivity index (χ1n) is 6.48. The summed E-state index contributed by atoms with van der Waals surface area (Å²) < 4.78 is 0. The molecule has 0 aromatic rings. The molecule has 106 valence electrons. The molecule has 0 aliphatic carbocycles. The maximum atomic E-state index is 11.6. The number of carbonyl (C=O) groups is 2. The molecule has 0 heterocycles. The molecule has 0 aromatic carbocycles. The highest BCUT2D eigenvalue weighted by Crippen LogP contribution is 2.24. The summed E-state index contributed by atoms with van der Waals surface area (Å²) >= 11 is 0. The highest BCUT2D eigenvalue weighted by Gasteiger charge is 2.24. The zero-order valence-corrected chi connectivity index (χ0v) is 12.0. The van der Waals surface area contributed by atoms with E-state index in [4.69, 9.17) is 5.11 Å². The van der Waals surface area contributed by atoms with Gasteiger partial charge in [0.15, 0.2) is 0 Å². The van der Waals surface area contributed by atoms with Gasteiger partial charge in [-0.15, -0.1) is 0 Å². The summed E-state index contributed by atoms with van der Waals surface area (Å²) in [7, 11) is 0. The van der Waals surface area contributed by atoms with E-state index in [0.29, 0.717) is 25.3 Å². The van der Waals surface area contributed by atoms with Gasteiger partial charge in [0.2, 0.25) is 0 Å². The Bertz CT molecular complexity index is 288. The molecule has 2 amide bonds. The van der Waals surface area contributed by atoms with Crippen molar-refractivity contribution in [3.05, 3.63) is 0 Å². The van der Waals surface area contributed by atoms with Crippen molar-refractivity contribution in [1.29, 1.82) is 0 Å². The van der Waals surface area contributed by atoms with Crippen molar-refractivity contribution < 1.29 is 14.7 Å². The molecule has 1 atom stereocenters. The average Bonchev–Trinajstić information content (AvgIpc) is 2.25. The molecule has 0 rings (SSSR count). The zero-order valence-electron chi connectivity index (χ0n) is 12.0. The molecule has 0 aliphatic heterocycles. The summed E-state index contributed by atoms with van der Waals surface area (Å²) in [5, 5.41) is 14.1. The van der Waals surface area contributed by atoms with Crippen LogP contribution in [-0.2, 0) is 4.79 Å². The molecular weight excluding hydrogens is 232 g/mol. The Kier molecular flexibility index (Phi) is 6.73. The molecule has 0 aromatic heterocycles. The smallest absolute Gasteiger partial charge is 0.326 e. The lowest BCUT2D eigenvalue weighted by Gasteiger charge is -2.29. The summed E-state index contributed by atoms with van der Waals surface area (Å²) in [5.74, 6) is -0.557. The van der Waals surface area contributed by atoms with E-state index in [1.54, 1.807) is 0 Å². The number of nitrogens with one attached hydrogen (secondary N) is 2. The van der Waals surface area contributed by atoms with Gasteiger partial charge in [0, 0.05) is 6.54 Å². The molecule has 0 spiro atoms. The number of urea groups is 1. The molecule has 18 heavy (non-hydrogen) atoms. The fourth-order valence-electron chi connectivity index (χ4n) is 1.27. The Morgan fingerprint density at radius 3 is 2.22 bits per heavy atom. The number of hydrogen-bond acceptors (Lipinski definition) is 2. The van der Waals surface area contributed by atoms with Gasteiger partial charge in [-0.25, -0.2) is 9.59 Å². The minimum absolute atomic E-state index is 0.0131. The highest BCUT2D eigenvalue weighted by atomic mass is 16.4. The van der Waals surface area contributed by atoms with E-state index in [9.17, 15) is 9.59 Å². The Morgan fingerprint density at radius 2 is 1.83 bits per heavy atom. The topological polar surface area (TPSA) is 78.4 Å². The van der Waals surface area contributed by atoms with Crippen LogP contribution in [0.1, 0.15) is 47.5 Å². The number of hydrogen-bond donors (Lipinski definition) is 3. The monoisotopic (exact) mass is 258 g/mol. The Labute approximate surface area is 109 Å². The molecule has 0 saturated heterocycles. The lowest BCUT2D eigenvalue weighted by Crippen LogP contribution is -2.48. The van der Waals surface area contributed by atoms with Crippen molar-refractivity contribution in [3.8, 4) is 0 Å². The number of carboxylic acids is 1. The Morgan fingerprint density at radius 1 is 1.28 bits per heavy atom. The van der Waals surface area contributed by atoms with Crippen molar-refractivity contribution in [2.45, 2.75) is 53.5 Å². The number of aliphatic carboxylic acids is 1. The third-order valence-corrected chi connectivity index (χ3v) is 3.45. The molecular formula is C13H26N2O3. The summed E-state index contributed by atoms with van der Waals surface area (Å²) in [6.07, 6.45) is 1.16. The van der Waals surface area contributed by atoms with E-state index >= 15 is 0 Å². The first kappa shape index (κ1) is 16.7. The van der Waals surface area contributed by atoms with Gasteiger partial charge in [0.05, 0.1) is 0 Å². The molecule has 0 radical (unpaired) electrons. The van der Waals surface area contributed by atoms with Gasteiger partial charge < -0.3 is 15.7 Å². The summed E-state index contributed by atoms with van der Waals surface area (Å²) in [5.41, 5.74) is -0.0131. The van der Waals surface area contributed by atoms with Crippen molar-refractivity contribution in [2.75, 3.05) is 6.54 Å². The Balaban J connectivity index is 4.22. The van der Waals surface area contributed by atoms with E-state index < -0.39 is 18.0 Å². The quantitative estimate of drug-likeness (QED) is 0.655. The van der Waals surface area contributed by atoms with Crippen LogP contribution < -0.4 is 10.6 Å². The number of carbonyl (C=O) groups excluding carboxylic acids is 1. The second-order valence-corrected chi connectivity index (χ2v) is 5.65. The van der Waals surface area contributed by atoms with Gasteiger partial charge in [-0.05, 0) is 17.8 Å². The zero-order chi connectivity index (χ0) is 14.3. The maximum Gasteiger partial charge on any atom is 0.326 e. The average molecular weight is 258 g/mol. The van der Waals surface area contributed by atoms with Crippen LogP contribution in [0, 0.1) is 11.3 Å². The molecule has 5 nitrogen and oxygen atoms in total. The van der Waals surface area contributed by atoms with Crippen LogP contribution in [0.5, 0.6) is 0 Å². The predicted molar refractivity (Wildman–Crippen MR) is 71.5 cm³/mol. The van der Waals surface area contributed by atoms with Crippen LogP contribution in [0.25, 0.3) is 0 Å². The number of carboxylic acid groups (broad SMARTS) is 1.